The molecule has 0 radical (unpaired) electrons. The van der Waals surface area contributed by atoms with Crippen LogP contribution in [0.3, 0.4) is 0 Å². The third kappa shape index (κ3) is 3.79. The van der Waals surface area contributed by atoms with Crippen molar-refractivity contribution < 1.29 is 18.3 Å². The van der Waals surface area contributed by atoms with Gasteiger partial charge < -0.3 is 5.11 Å². The number of aromatic carboxylic acids is 1. The van der Waals surface area contributed by atoms with Crippen LogP contribution >= 0.6 is 15.9 Å². The maximum absolute atomic E-state index is 12.7. The van der Waals surface area contributed by atoms with Crippen molar-refractivity contribution in [2.24, 2.45) is 0 Å². The molecule has 2 rings (SSSR count). The maximum atomic E-state index is 12.7. The van der Waals surface area contributed by atoms with Crippen molar-refractivity contribution in [2.75, 3.05) is 4.72 Å². The highest BCUT2D eigenvalue weighted by Gasteiger charge is 2.21. The second-order valence-corrected chi connectivity index (χ2v) is 8.02. The van der Waals surface area contributed by atoms with Crippen molar-refractivity contribution in [3.05, 3.63) is 57.1 Å². The number of aryl methyl sites for hydroxylation is 3. The number of benzene rings is 2. The van der Waals surface area contributed by atoms with E-state index in [1.165, 1.54) is 12.1 Å². The SMILES string of the molecule is CCc1ccc(NS(=O)(=O)c2cc(C)c(Br)cc2C)c(C(=O)O)c1. The van der Waals surface area contributed by atoms with Gasteiger partial charge in [0.05, 0.1) is 16.1 Å². The lowest BCUT2D eigenvalue weighted by Gasteiger charge is -2.14. The molecular weight excluding hydrogens is 394 g/mol. The van der Waals surface area contributed by atoms with Crippen molar-refractivity contribution >= 4 is 37.6 Å². The van der Waals surface area contributed by atoms with E-state index in [1.807, 2.05) is 6.92 Å². The zero-order valence-electron chi connectivity index (χ0n) is 13.6. The average molecular weight is 412 g/mol. The van der Waals surface area contributed by atoms with Crippen LogP contribution in [0.4, 0.5) is 5.69 Å². The molecule has 2 N–H and O–H groups in total. The number of anilines is 1. The lowest BCUT2D eigenvalue weighted by atomic mass is 10.1. The van der Waals surface area contributed by atoms with E-state index in [-0.39, 0.29) is 16.1 Å². The Morgan fingerprint density at radius 1 is 1.17 bits per heavy atom. The summed E-state index contributed by atoms with van der Waals surface area (Å²) in [6.07, 6.45) is 0.665. The summed E-state index contributed by atoms with van der Waals surface area (Å²) in [4.78, 5) is 11.6. The third-order valence-electron chi connectivity index (χ3n) is 3.71. The largest absolute Gasteiger partial charge is 0.478 e. The molecule has 0 aliphatic heterocycles. The lowest BCUT2D eigenvalue weighted by Crippen LogP contribution is -2.17. The van der Waals surface area contributed by atoms with Crippen LogP contribution in [0.25, 0.3) is 0 Å². The molecule has 24 heavy (non-hydrogen) atoms. The fraction of sp³-hybridized carbons (Fsp3) is 0.235. The quantitative estimate of drug-likeness (QED) is 0.774. The standard InChI is InChI=1S/C17H18BrNO4S/c1-4-12-5-6-15(13(9-12)17(20)21)19-24(22,23)16-8-10(2)14(18)7-11(16)3/h5-9,19H,4H2,1-3H3,(H,20,21). The molecule has 0 fully saturated rings. The van der Waals surface area contributed by atoms with Gasteiger partial charge in [-0.25, -0.2) is 13.2 Å². The Bertz CT molecular complexity index is 907. The highest BCUT2D eigenvalue weighted by Crippen LogP contribution is 2.27. The second kappa shape index (κ2) is 6.94. The summed E-state index contributed by atoms with van der Waals surface area (Å²) in [6, 6.07) is 7.97. The van der Waals surface area contributed by atoms with Gasteiger partial charge in [0.1, 0.15) is 0 Å². The molecule has 5 nitrogen and oxygen atoms in total. The summed E-state index contributed by atoms with van der Waals surface area (Å²) < 4.78 is 28.6. The molecule has 0 saturated heterocycles. The number of carboxylic acid groups (broad SMARTS) is 1. The van der Waals surface area contributed by atoms with E-state index in [1.54, 1.807) is 32.0 Å². The highest BCUT2D eigenvalue weighted by molar-refractivity contribution is 9.10. The minimum absolute atomic E-state index is 0.0553. The zero-order chi connectivity index (χ0) is 18.1. The summed E-state index contributed by atoms with van der Waals surface area (Å²) in [5.74, 6) is -1.17. The smallest absolute Gasteiger partial charge is 0.337 e. The Labute approximate surface area is 149 Å². The minimum Gasteiger partial charge on any atom is -0.478 e. The number of sulfonamides is 1. The van der Waals surface area contributed by atoms with Crippen LogP contribution < -0.4 is 4.72 Å². The van der Waals surface area contributed by atoms with Crippen LogP contribution in [0.1, 0.15) is 34.0 Å². The molecular formula is C17H18BrNO4S. The summed E-state index contributed by atoms with van der Waals surface area (Å²) >= 11 is 3.37. The van der Waals surface area contributed by atoms with Gasteiger partial charge in [-0.2, -0.15) is 0 Å². The van der Waals surface area contributed by atoms with Crippen molar-refractivity contribution in [1.29, 1.82) is 0 Å². The first-order chi connectivity index (χ1) is 11.2. The monoisotopic (exact) mass is 411 g/mol. The van der Waals surface area contributed by atoms with Gasteiger partial charge >= 0.3 is 5.97 Å². The molecule has 0 unspecified atom stereocenters. The molecule has 0 heterocycles. The second-order valence-electron chi connectivity index (χ2n) is 5.51. The van der Waals surface area contributed by atoms with Crippen molar-refractivity contribution in [2.45, 2.75) is 32.1 Å². The molecule has 0 amide bonds. The number of carbonyl (C=O) groups is 1. The first-order valence-electron chi connectivity index (χ1n) is 7.31. The predicted molar refractivity (Wildman–Crippen MR) is 97.2 cm³/mol. The van der Waals surface area contributed by atoms with Gasteiger partial charge in [0.15, 0.2) is 0 Å². The number of carboxylic acids is 1. The predicted octanol–water partition coefficient (Wildman–Crippen LogP) is 4.13. The zero-order valence-corrected chi connectivity index (χ0v) is 16.0. The van der Waals surface area contributed by atoms with E-state index < -0.39 is 16.0 Å². The molecule has 2 aromatic rings. The summed E-state index contributed by atoms with van der Waals surface area (Å²) in [7, 11) is -3.89. The number of rotatable bonds is 5. The first kappa shape index (κ1) is 18.5. The Balaban J connectivity index is 2.51. The van der Waals surface area contributed by atoms with E-state index >= 15 is 0 Å². The molecule has 0 aliphatic rings. The Kier molecular flexibility index (Phi) is 5.35. The number of hydrogen-bond acceptors (Lipinski definition) is 3. The first-order valence-corrected chi connectivity index (χ1v) is 9.59. The molecule has 0 saturated carbocycles. The number of hydrogen-bond donors (Lipinski definition) is 2. The van der Waals surface area contributed by atoms with Gasteiger partial charge in [-0.05, 0) is 61.2 Å². The van der Waals surface area contributed by atoms with Gasteiger partial charge in [0.25, 0.3) is 10.0 Å². The van der Waals surface area contributed by atoms with E-state index in [9.17, 15) is 18.3 Å². The average Bonchev–Trinajstić information content (AvgIpc) is 2.50. The number of nitrogens with one attached hydrogen (secondary N) is 1. The molecule has 7 heteroatoms. The minimum atomic E-state index is -3.89. The van der Waals surface area contributed by atoms with Crippen molar-refractivity contribution in [3.8, 4) is 0 Å². The Hall–Kier alpha value is -1.86. The Morgan fingerprint density at radius 2 is 1.83 bits per heavy atom. The molecule has 2 aromatic carbocycles. The van der Waals surface area contributed by atoms with Crippen LogP contribution in [0.2, 0.25) is 0 Å². The van der Waals surface area contributed by atoms with Gasteiger partial charge in [0, 0.05) is 4.47 Å². The van der Waals surface area contributed by atoms with Gasteiger partial charge in [-0.3, -0.25) is 4.72 Å². The van der Waals surface area contributed by atoms with E-state index in [0.717, 1.165) is 15.6 Å². The highest BCUT2D eigenvalue weighted by atomic mass is 79.9. The van der Waals surface area contributed by atoms with Crippen molar-refractivity contribution in [3.63, 3.8) is 0 Å². The van der Waals surface area contributed by atoms with E-state index in [2.05, 4.69) is 20.7 Å². The molecule has 0 atom stereocenters. The lowest BCUT2D eigenvalue weighted by molar-refractivity contribution is 0.0698. The fourth-order valence-electron chi connectivity index (χ4n) is 2.32. The normalized spacial score (nSPS) is 11.3. The molecule has 0 bridgehead atoms. The van der Waals surface area contributed by atoms with Crippen LogP contribution in [-0.4, -0.2) is 19.5 Å². The van der Waals surface area contributed by atoms with Crippen LogP contribution in [0, 0.1) is 13.8 Å². The number of halogens is 1. The molecule has 0 aromatic heterocycles. The van der Waals surface area contributed by atoms with Gasteiger partial charge in [0.2, 0.25) is 0 Å². The van der Waals surface area contributed by atoms with Crippen LogP contribution in [0.5, 0.6) is 0 Å². The fourth-order valence-corrected chi connectivity index (χ4v) is 4.17. The van der Waals surface area contributed by atoms with Gasteiger partial charge in [-0.1, -0.05) is 28.9 Å². The summed E-state index contributed by atoms with van der Waals surface area (Å²) in [5.41, 5.74) is 2.16. The molecule has 0 spiro atoms. The van der Waals surface area contributed by atoms with Crippen LogP contribution in [0.15, 0.2) is 39.7 Å². The third-order valence-corrected chi connectivity index (χ3v) is 6.07. The molecule has 128 valence electrons. The summed E-state index contributed by atoms with van der Waals surface area (Å²) in [5, 5.41) is 9.35. The van der Waals surface area contributed by atoms with Crippen molar-refractivity contribution in [1.82, 2.24) is 0 Å². The van der Waals surface area contributed by atoms with Gasteiger partial charge in [-0.15, -0.1) is 0 Å². The summed E-state index contributed by atoms with van der Waals surface area (Å²) in [6.45, 7) is 5.39. The molecule has 0 aliphatic carbocycles. The van der Waals surface area contributed by atoms with E-state index in [4.69, 9.17) is 0 Å². The van der Waals surface area contributed by atoms with E-state index in [0.29, 0.717) is 12.0 Å². The Morgan fingerprint density at radius 3 is 2.42 bits per heavy atom. The van der Waals surface area contributed by atoms with Crippen LogP contribution in [-0.2, 0) is 16.4 Å². The topological polar surface area (TPSA) is 83.5 Å². The maximum Gasteiger partial charge on any atom is 0.337 e.